The van der Waals surface area contributed by atoms with Gasteiger partial charge in [0, 0.05) is 24.2 Å². The second-order valence-corrected chi connectivity index (χ2v) is 2.87. The lowest BCUT2D eigenvalue weighted by atomic mass is 10.1. The van der Waals surface area contributed by atoms with Gasteiger partial charge in [0.2, 0.25) is 0 Å². The number of pyridine rings is 2. The van der Waals surface area contributed by atoms with E-state index in [4.69, 9.17) is 5.26 Å². The average Bonchev–Trinajstić information content (AvgIpc) is 2.30. The minimum atomic E-state index is -0.444. The van der Waals surface area contributed by atoms with Gasteiger partial charge in [0.25, 0.3) is 0 Å². The Hall–Kier alpha value is -2.28. The van der Waals surface area contributed by atoms with Gasteiger partial charge in [-0.05, 0) is 18.2 Å². The average molecular weight is 199 g/mol. The summed E-state index contributed by atoms with van der Waals surface area (Å²) in [6, 6.07) is 6.34. The molecule has 0 unspecified atom stereocenters. The number of nitrogens with zero attached hydrogens (tertiary/aromatic N) is 3. The third-order valence-electron chi connectivity index (χ3n) is 1.96. The van der Waals surface area contributed by atoms with Gasteiger partial charge in [0.05, 0.1) is 5.56 Å². The van der Waals surface area contributed by atoms with Crippen molar-refractivity contribution in [1.29, 1.82) is 5.26 Å². The molecular formula is C11H6FN3. The first-order valence-electron chi connectivity index (χ1n) is 4.28. The SMILES string of the molecule is N#Cc1cnccc1-c1ncccc1F. The molecule has 0 aromatic carbocycles. The molecule has 2 aromatic rings. The van der Waals surface area contributed by atoms with Gasteiger partial charge in [0.15, 0.2) is 0 Å². The molecular weight excluding hydrogens is 193 g/mol. The molecule has 0 N–H and O–H groups in total. The van der Waals surface area contributed by atoms with Crippen LogP contribution >= 0.6 is 0 Å². The van der Waals surface area contributed by atoms with Gasteiger partial charge in [-0.3, -0.25) is 9.97 Å². The van der Waals surface area contributed by atoms with Crippen LogP contribution in [0.3, 0.4) is 0 Å². The van der Waals surface area contributed by atoms with E-state index in [2.05, 4.69) is 9.97 Å². The Labute approximate surface area is 85.9 Å². The van der Waals surface area contributed by atoms with Crippen molar-refractivity contribution in [3.8, 4) is 17.3 Å². The van der Waals surface area contributed by atoms with Gasteiger partial charge in [-0.1, -0.05) is 0 Å². The molecule has 2 aromatic heterocycles. The molecule has 0 radical (unpaired) electrons. The Balaban J connectivity index is 2.65. The third-order valence-corrected chi connectivity index (χ3v) is 1.96. The molecule has 0 saturated carbocycles. The predicted molar refractivity (Wildman–Crippen MR) is 52.1 cm³/mol. The first kappa shape index (κ1) is 9.28. The molecule has 0 fully saturated rings. The summed E-state index contributed by atoms with van der Waals surface area (Å²) in [6.45, 7) is 0. The lowest BCUT2D eigenvalue weighted by Gasteiger charge is -2.02. The maximum Gasteiger partial charge on any atom is 0.149 e. The van der Waals surface area contributed by atoms with Crippen LogP contribution in [0, 0.1) is 17.1 Å². The predicted octanol–water partition coefficient (Wildman–Crippen LogP) is 2.15. The molecule has 0 spiro atoms. The van der Waals surface area contributed by atoms with Crippen LogP contribution in [0.2, 0.25) is 0 Å². The summed E-state index contributed by atoms with van der Waals surface area (Å²) in [5, 5.41) is 8.83. The molecule has 0 bridgehead atoms. The topological polar surface area (TPSA) is 49.6 Å². The van der Waals surface area contributed by atoms with Crippen molar-refractivity contribution >= 4 is 0 Å². The summed E-state index contributed by atoms with van der Waals surface area (Å²) >= 11 is 0. The number of hydrogen-bond acceptors (Lipinski definition) is 3. The molecule has 15 heavy (non-hydrogen) atoms. The molecule has 2 rings (SSSR count). The second-order valence-electron chi connectivity index (χ2n) is 2.87. The number of hydrogen-bond donors (Lipinski definition) is 0. The van der Waals surface area contributed by atoms with Crippen LogP contribution in [0.1, 0.15) is 5.56 Å². The van der Waals surface area contributed by atoms with E-state index in [0.29, 0.717) is 11.1 Å². The molecule has 72 valence electrons. The highest BCUT2D eigenvalue weighted by molar-refractivity contribution is 5.66. The molecule has 0 amide bonds. The summed E-state index contributed by atoms with van der Waals surface area (Å²) in [5.74, 6) is -0.444. The highest BCUT2D eigenvalue weighted by Gasteiger charge is 2.09. The summed E-state index contributed by atoms with van der Waals surface area (Å²) in [6.07, 6.45) is 4.38. The Morgan fingerprint density at radius 3 is 2.87 bits per heavy atom. The van der Waals surface area contributed by atoms with Gasteiger partial charge in [0.1, 0.15) is 17.6 Å². The van der Waals surface area contributed by atoms with Gasteiger partial charge in [-0.25, -0.2) is 4.39 Å². The lowest BCUT2D eigenvalue weighted by Crippen LogP contribution is -1.92. The van der Waals surface area contributed by atoms with Crippen LogP contribution in [0.4, 0.5) is 4.39 Å². The van der Waals surface area contributed by atoms with Crippen molar-refractivity contribution in [1.82, 2.24) is 9.97 Å². The number of halogens is 1. The molecule has 0 aliphatic rings. The molecule has 0 saturated heterocycles. The summed E-state index contributed by atoms with van der Waals surface area (Å²) in [5.41, 5.74) is 0.956. The Morgan fingerprint density at radius 1 is 1.27 bits per heavy atom. The van der Waals surface area contributed by atoms with Crippen LogP contribution in [-0.4, -0.2) is 9.97 Å². The minimum Gasteiger partial charge on any atom is -0.263 e. The smallest absolute Gasteiger partial charge is 0.149 e. The maximum atomic E-state index is 13.4. The number of rotatable bonds is 1. The highest BCUT2D eigenvalue weighted by Crippen LogP contribution is 2.22. The molecule has 0 aliphatic heterocycles. The maximum absolute atomic E-state index is 13.4. The Kier molecular flexibility index (Phi) is 2.38. The van der Waals surface area contributed by atoms with Gasteiger partial charge in [-0.15, -0.1) is 0 Å². The summed E-state index contributed by atoms with van der Waals surface area (Å²) < 4.78 is 13.4. The van der Waals surface area contributed by atoms with Crippen LogP contribution in [-0.2, 0) is 0 Å². The van der Waals surface area contributed by atoms with Crippen molar-refractivity contribution in [3.05, 3.63) is 48.2 Å². The minimum absolute atomic E-state index is 0.177. The fourth-order valence-electron chi connectivity index (χ4n) is 1.27. The van der Waals surface area contributed by atoms with Crippen LogP contribution in [0.25, 0.3) is 11.3 Å². The van der Waals surface area contributed by atoms with Crippen molar-refractivity contribution in [3.63, 3.8) is 0 Å². The first-order chi connectivity index (χ1) is 7.33. The molecule has 3 nitrogen and oxygen atoms in total. The van der Waals surface area contributed by atoms with Gasteiger partial charge in [-0.2, -0.15) is 5.26 Å². The van der Waals surface area contributed by atoms with E-state index < -0.39 is 5.82 Å². The molecule has 4 heteroatoms. The van der Waals surface area contributed by atoms with E-state index in [1.807, 2.05) is 6.07 Å². The molecule has 0 atom stereocenters. The van der Waals surface area contributed by atoms with Crippen LogP contribution in [0.15, 0.2) is 36.8 Å². The van der Waals surface area contributed by atoms with E-state index in [9.17, 15) is 4.39 Å². The zero-order valence-electron chi connectivity index (χ0n) is 7.68. The number of aromatic nitrogens is 2. The van der Waals surface area contributed by atoms with Crippen LogP contribution < -0.4 is 0 Å². The molecule has 2 heterocycles. The van der Waals surface area contributed by atoms with Crippen molar-refractivity contribution in [2.75, 3.05) is 0 Å². The summed E-state index contributed by atoms with van der Waals surface area (Å²) in [7, 11) is 0. The van der Waals surface area contributed by atoms with Gasteiger partial charge < -0.3 is 0 Å². The van der Waals surface area contributed by atoms with E-state index in [0.717, 1.165) is 0 Å². The molecule has 0 aliphatic carbocycles. The van der Waals surface area contributed by atoms with E-state index >= 15 is 0 Å². The van der Waals surface area contributed by atoms with E-state index in [1.165, 1.54) is 30.7 Å². The van der Waals surface area contributed by atoms with Gasteiger partial charge >= 0.3 is 0 Å². The quantitative estimate of drug-likeness (QED) is 0.707. The third kappa shape index (κ3) is 1.67. The highest BCUT2D eigenvalue weighted by atomic mass is 19.1. The standard InChI is InChI=1S/C11H6FN3/c12-10-2-1-4-15-11(10)9-3-5-14-7-8(9)6-13/h1-5,7H. The van der Waals surface area contributed by atoms with E-state index in [1.54, 1.807) is 6.07 Å². The van der Waals surface area contributed by atoms with Crippen LogP contribution in [0.5, 0.6) is 0 Å². The normalized spacial score (nSPS) is 9.60. The second kappa shape index (κ2) is 3.84. The zero-order valence-corrected chi connectivity index (χ0v) is 7.68. The Bertz CT molecular complexity index is 531. The number of nitriles is 1. The van der Waals surface area contributed by atoms with Crippen molar-refractivity contribution < 1.29 is 4.39 Å². The fourth-order valence-corrected chi connectivity index (χ4v) is 1.27. The fraction of sp³-hybridized carbons (Fsp3) is 0. The largest absolute Gasteiger partial charge is 0.263 e. The van der Waals surface area contributed by atoms with E-state index in [-0.39, 0.29) is 5.69 Å². The lowest BCUT2D eigenvalue weighted by molar-refractivity contribution is 0.625. The van der Waals surface area contributed by atoms with Crippen molar-refractivity contribution in [2.45, 2.75) is 0 Å². The monoisotopic (exact) mass is 199 g/mol. The first-order valence-corrected chi connectivity index (χ1v) is 4.28. The Morgan fingerprint density at radius 2 is 2.13 bits per heavy atom. The summed E-state index contributed by atoms with van der Waals surface area (Å²) in [4.78, 5) is 7.70. The van der Waals surface area contributed by atoms with Crippen molar-refractivity contribution in [2.24, 2.45) is 0 Å². The zero-order chi connectivity index (χ0) is 10.7.